The van der Waals surface area contributed by atoms with Crippen LogP contribution in [0, 0.1) is 5.92 Å². The normalized spacial score (nSPS) is 24.9. The summed E-state index contributed by atoms with van der Waals surface area (Å²) in [7, 11) is 1.48. The van der Waals surface area contributed by atoms with Gasteiger partial charge in [-0.3, -0.25) is 4.79 Å². The number of methoxy groups -OCH3 is 1. The van der Waals surface area contributed by atoms with Crippen LogP contribution in [0.15, 0.2) is 12.1 Å². The third-order valence-corrected chi connectivity index (χ3v) is 5.65. The van der Waals surface area contributed by atoms with Crippen molar-refractivity contribution in [2.75, 3.05) is 13.7 Å². The molecule has 0 spiro atoms. The van der Waals surface area contributed by atoms with Gasteiger partial charge in [0.2, 0.25) is 0 Å². The van der Waals surface area contributed by atoms with Gasteiger partial charge in [0, 0.05) is 11.6 Å². The zero-order valence-electron chi connectivity index (χ0n) is 15.0. The van der Waals surface area contributed by atoms with E-state index in [0.717, 1.165) is 25.7 Å². The van der Waals surface area contributed by atoms with Gasteiger partial charge >= 0.3 is 5.97 Å². The van der Waals surface area contributed by atoms with Crippen molar-refractivity contribution < 1.29 is 24.2 Å². The number of ether oxygens (including phenoxy) is 2. The van der Waals surface area contributed by atoms with Crippen LogP contribution in [-0.2, 0) is 4.79 Å². The average Bonchev–Trinajstić information content (AvgIpc) is 3.02. The van der Waals surface area contributed by atoms with E-state index in [9.17, 15) is 14.7 Å². The Labute approximate surface area is 158 Å². The maximum Gasteiger partial charge on any atom is 0.326 e. The summed E-state index contributed by atoms with van der Waals surface area (Å²) < 4.78 is 10.8. The Hall–Kier alpha value is -1.95. The maximum absolute atomic E-state index is 13.2. The quantitative estimate of drug-likeness (QED) is 0.843. The molecule has 3 atom stereocenters. The van der Waals surface area contributed by atoms with Crippen LogP contribution in [0.1, 0.15) is 49.4 Å². The largest absolute Gasteiger partial charge is 0.493 e. The number of nitrogens with zero attached hydrogens (tertiary/aromatic N) is 1. The molecule has 3 rings (SSSR count). The summed E-state index contributed by atoms with van der Waals surface area (Å²) in [6.07, 6.45) is 4.46. The summed E-state index contributed by atoms with van der Waals surface area (Å²) in [5.74, 6) is -0.241. The van der Waals surface area contributed by atoms with E-state index >= 15 is 0 Å². The minimum atomic E-state index is -0.947. The lowest BCUT2D eigenvalue weighted by Crippen LogP contribution is -2.46. The molecular formula is C19H24ClNO5. The predicted molar refractivity (Wildman–Crippen MR) is 97.1 cm³/mol. The lowest BCUT2D eigenvalue weighted by atomic mass is 9.84. The average molecular weight is 382 g/mol. The molecule has 1 aliphatic carbocycles. The zero-order valence-corrected chi connectivity index (χ0v) is 15.8. The van der Waals surface area contributed by atoms with E-state index < -0.39 is 12.0 Å². The second-order valence-corrected chi connectivity index (χ2v) is 7.24. The van der Waals surface area contributed by atoms with Crippen LogP contribution in [-0.4, -0.2) is 47.7 Å². The molecule has 2 aliphatic rings. The van der Waals surface area contributed by atoms with Crippen molar-refractivity contribution in [2.45, 2.75) is 51.1 Å². The second-order valence-electron chi connectivity index (χ2n) is 6.84. The molecule has 0 aromatic heterocycles. The monoisotopic (exact) mass is 381 g/mol. The summed E-state index contributed by atoms with van der Waals surface area (Å²) in [6.45, 7) is 2.25. The molecule has 1 saturated carbocycles. The van der Waals surface area contributed by atoms with Gasteiger partial charge in [-0.15, -0.1) is 0 Å². The zero-order chi connectivity index (χ0) is 18.8. The van der Waals surface area contributed by atoms with Gasteiger partial charge in [0.15, 0.2) is 11.5 Å². The maximum atomic E-state index is 13.2. The fraction of sp³-hybridized carbons (Fsp3) is 0.579. The number of carboxylic acids is 1. The molecule has 7 heteroatoms. The van der Waals surface area contributed by atoms with Crippen LogP contribution in [0.25, 0.3) is 0 Å². The molecule has 1 saturated heterocycles. The van der Waals surface area contributed by atoms with Crippen molar-refractivity contribution in [1.29, 1.82) is 0 Å². The highest BCUT2D eigenvalue weighted by Crippen LogP contribution is 2.42. The number of benzene rings is 1. The van der Waals surface area contributed by atoms with Crippen LogP contribution in [0.2, 0.25) is 5.02 Å². The van der Waals surface area contributed by atoms with Gasteiger partial charge in [0.1, 0.15) is 6.04 Å². The molecule has 26 heavy (non-hydrogen) atoms. The molecule has 142 valence electrons. The first-order valence-corrected chi connectivity index (χ1v) is 9.41. The van der Waals surface area contributed by atoms with Gasteiger partial charge in [-0.2, -0.15) is 0 Å². The predicted octanol–water partition coefficient (Wildman–Crippen LogP) is 3.61. The number of hydrogen-bond acceptors (Lipinski definition) is 4. The highest BCUT2D eigenvalue weighted by Gasteiger charge is 2.47. The number of carbonyl (C=O) groups excluding carboxylic acids is 1. The number of amides is 1. The fourth-order valence-electron chi connectivity index (χ4n) is 4.25. The molecule has 1 amide bonds. The Morgan fingerprint density at radius 2 is 2.04 bits per heavy atom. The first-order chi connectivity index (χ1) is 12.5. The van der Waals surface area contributed by atoms with E-state index in [1.807, 2.05) is 6.92 Å². The molecule has 2 fully saturated rings. The highest BCUT2D eigenvalue weighted by atomic mass is 35.5. The van der Waals surface area contributed by atoms with Crippen molar-refractivity contribution in [1.82, 2.24) is 4.90 Å². The smallest absolute Gasteiger partial charge is 0.326 e. The minimum Gasteiger partial charge on any atom is -0.493 e. The van der Waals surface area contributed by atoms with Gasteiger partial charge in [-0.1, -0.05) is 24.4 Å². The topological polar surface area (TPSA) is 76.1 Å². The van der Waals surface area contributed by atoms with Crippen LogP contribution in [0.4, 0.5) is 0 Å². The van der Waals surface area contributed by atoms with Crippen molar-refractivity contribution in [3.05, 3.63) is 22.7 Å². The molecule has 1 aromatic carbocycles. The Morgan fingerprint density at radius 1 is 1.31 bits per heavy atom. The number of hydrogen-bond donors (Lipinski definition) is 1. The lowest BCUT2D eigenvalue weighted by Gasteiger charge is -2.33. The van der Waals surface area contributed by atoms with E-state index in [1.54, 1.807) is 11.0 Å². The first kappa shape index (κ1) is 18.8. The summed E-state index contributed by atoms with van der Waals surface area (Å²) >= 11 is 6.29. The van der Waals surface area contributed by atoms with Gasteiger partial charge in [0.05, 0.1) is 18.7 Å². The SMILES string of the molecule is CCOc1c(Cl)cc(C(=O)N2C(C(=O)O)CC3CCCCC32)cc1OC. The molecule has 1 aliphatic heterocycles. The second kappa shape index (κ2) is 7.74. The number of aliphatic carboxylic acids is 1. The van der Waals surface area contributed by atoms with E-state index in [4.69, 9.17) is 21.1 Å². The first-order valence-electron chi connectivity index (χ1n) is 9.03. The number of carboxylic acid groups (broad SMARTS) is 1. The molecule has 6 nitrogen and oxygen atoms in total. The Kier molecular flexibility index (Phi) is 5.61. The number of likely N-dealkylation sites (tertiary alicyclic amines) is 1. The van der Waals surface area contributed by atoms with Crippen LogP contribution in [0.5, 0.6) is 11.5 Å². The van der Waals surface area contributed by atoms with E-state index in [-0.39, 0.29) is 22.9 Å². The number of rotatable bonds is 5. The summed E-state index contributed by atoms with van der Waals surface area (Å²) in [4.78, 5) is 26.5. The third-order valence-electron chi connectivity index (χ3n) is 5.37. The van der Waals surface area contributed by atoms with Crippen molar-refractivity contribution in [2.24, 2.45) is 5.92 Å². The molecule has 3 unspecified atom stereocenters. The number of fused-ring (bicyclic) bond motifs is 1. The van der Waals surface area contributed by atoms with E-state index in [2.05, 4.69) is 0 Å². The highest BCUT2D eigenvalue weighted by molar-refractivity contribution is 6.32. The minimum absolute atomic E-state index is 0.0197. The Balaban J connectivity index is 1.96. The van der Waals surface area contributed by atoms with Gasteiger partial charge in [-0.05, 0) is 44.2 Å². The summed E-state index contributed by atoms with van der Waals surface area (Å²) in [6, 6.07) is 2.31. The van der Waals surface area contributed by atoms with Crippen LogP contribution in [0.3, 0.4) is 0 Å². The number of carbonyl (C=O) groups is 2. The molecule has 1 N–H and O–H groups in total. The molecule has 0 bridgehead atoms. The van der Waals surface area contributed by atoms with Crippen molar-refractivity contribution in [3.8, 4) is 11.5 Å². The van der Waals surface area contributed by atoms with E-state index in [1.165, 1.54) is 13.2 Å². The Bertz CT molecular complexity index is 707. The Morgan fingerprint density at radius 3 is 2.69 bits per heavy atom. The molecular weight excluding hydrogens is 358 g/mol. The third kappa shape index (κ3) is 3.34. The van der Waals surface area contributed by atoms with E-state index in [0.29, 0.717) is 30.1 Å². The summed E-state index contributed by atoms with van der Waals surface area (Å²) in [5.41, 5.74) is 0.327. The number of halogens is 1. The van der Waals surface area contributed by atoms with Gasteiger partial charge in [-0.25, -0.2) is 4.79 Å². The van der Waals surface area contributed by atoms with Crippen molar-refractivity contribution in [3.63, 3.8) is 0 Å². The van der Waals surface area contributed by atoms with Gasteiger partial charge < -0.3 is 19.5 Å². The lowest BCUT2D eigenvalue weighted by molar-refractivity contribution is -0.141. The van der Waals surface area contributed by atoms with Crippen molar-refractivity contribution >= 4 is 23.5 Å². The fourth-order valence-corrected chi connectivity index (χ4v) is 4.51. The standard InChI is InChI=1S/C19H24ClNO5/c1-3-26-17-13(20)8-12(10-16(17)25-2)18(22)21-14-7-5-4-6-11(14)9-15(21)19(23)24/h8,10-11,14-15H,3-7,9H2,1-2H3,(H,23,24). The molecule has 1 heterocycles. The summed E-state index contributed by atoms with van der Waals surface area (Å²) in [5, 5.41) is 9.91. The molecule has 0 radical (unpaired) electrons. The van der Waals surface area contributed by atoms with Gasteiger partial charge in [0.25, 0.3) is 5.91 Å². The van der Waals surface area contributed by atoms with Crippen LogP contribution < -0.4 is 9.47 Å². The molecule has 1 aromatic rings. The van der Waals surface area contributed by atoms with Crippen LogP contribution >= 0.6 is 11.6 Å².